The van der Waals surface area contributed by atoms with Crippen LogP contribution >= 0.6 is 0 Å². The van der Waals surface area contributed by atoms with Gasteiger partial charge < -0.3 is 15.4 Å². The van der Waals surface area contributed by atoms with E-state index in [0.717, 1.165) is 77.7 Å². The molecule has 5 rings (SSSR count). The Morgan fingerprint density at radius 2 is 1.70 bits per heavy atom. The summed E-state index contributed by atoms with van der Waals surface area (Å²) in [6, 6.07) is 15.1. The summed E-state index contributed by atoms with van der Waals surface area (Å²) in [5.41, 5.74) is 4.61. The number of aromatic nitrogens is 2. The molecule has 0 atom stereocenters. The van der Waals surface area contributed by atoms with Crippen molar-refractivity contribution in [3.05, 3.63) is 90.8 Å². The molecule has 7 heteroatoms. The summed E-state index contributed by atoms with van der Waals surface area (Å²) in [7, 11) is 1.73. The first-order valence-corrected chi connectivity index (χ1v) is 12.3. The van der Waals surface area contributed by atoms with E-state index in [-0.39, 0.29) is 11.7 Å². The van der Waals surface area contributed by atoms with Crippen molar-refractivity contribution in [2.75, 3.05) is 25.5 Å². The average Bonchev–Trinajstić information content (AvgIpc) is 2.94. The van der Waals surface area contributed by atoms with E-state index in [2.05, 4.69) is 27.2 Å². The molecule has 2 N–H and O–H groups in total. The number of nitrogens with zero attached hydrogens (tertiary/aromatic N) is 2. The highest BCUT2D eigenvalue weighted by Gasteiger charge is 2.17. The number of ether oxygens (including phenoxy) is 1. The molecule has 2 aromatic heterocycles. The molecule has 0 amide bonds. The summed E-state index contributed by atoms with van der Waals surface area (Å²) < 4.78 is 34.7. The standard InChI is InChI=1S/C30H28F2N4O/c1-3-25-26(16-29(36-30(25)33-2)27-15-22(31)6-9-28(27)32)21-14-20(17-35-18-21)19-4-7-23(8-5-19)37-24-10-12-34-13-11-24/h3-9,14-18,24,34H,1,10-13H2,2H3,(H,33,36). The molecule has 1 fully saturated rings. The van der Waals surface area contributed by atoms with Gasteiger partial charge in [0.05, 0.1) is 5.69 Å². The van der Waals surface area contributed by atoms with Crippen LogP contribution in [-0.4, -0.2) is 36.2 Å². The zero-order valence-electron chi connectivity index (χ0n) is 20.6. The van der Waals surface area contributed by atoms with Crippen LogP contribution in [-0.2, 0) is 0 Å². The van der Waals surface area contributed by atoms with Gasteiger partial charge in [0.2, 0.25) is 0 Å². The second kappa shape index (κ2) is 10.9. The maximum absolute atomic E-state index is 14.6. The van der Waals surface area contributed by atoms with E-state index >= 15 is 0 Å². The van der Waals surface area contributed by atoms with Crippen molar-refractivity contribution in [1.82, 2.24) is 15.3 Å². The number of anilines is 1. The molecule has 0 aliphatic carbocycles. The van der Waals surface area contributed by atoms with Crippen molar-refractivity contribution in [2.24, 2.45) is 0 Å². The molecule has 0 spiro atoms. The molecule has 188 valence electrons. The van der Waals surface area contributed by atoms with Gasteiger partial charge in [-0.1, -0.05) is 24.8 Å². The summed E-state index contributed by atoms with van der Waals surface area (Å²) in [5.74, 6) is 0.279. The Morgan fingerprint density at radius 1 is 0.946 bits per heavy atom. The third-order valence-electron chi connectivity index (χ3n) is 6.53. The normalized spacial score (nSPS) is 13.8. The predicted molar refractivity (Wildman–Crippen MR) is 144 cm³/mol. The molecule has 0 radical (unpaired) electrons. The van der Waals surface area contributed by atoms with Crippen LogP contribution in [0.1, 0.15) is 18.4 Å². The Morgan fingerprint density at radius 3 is 2.43 bits per heavy atom. The molecular formula is C30H28F2N4O. The molecule has 1 saturated heterocycles. The van der Waals surface area contributed by atoms with E-state index in [1.165, 1.54) is 0 Å². The summed E-state index contributed by atoms with van der Waals surface area (Å²) in [5, 5.41) is 6.40. The monoisotopic (exact) mass is 498 g/mol. The number of nitrogens with one attached hydrogen (secondary N) is 2. The van der Waals surface area contributed by atoms with Gasteiger partial charge in [-0.2, -0.15) is 0 Å². The molecule has 3 heterocycles. The molecule has 1 aliphatic rings. The van der Waals surface area contributed by atoms with E-state index in [9.17, 15) is 8.78 Å². The van der Waals surface area contributed by atoms with Crippen LogP contribution in [0.5, 0.6) is 5.75 Å². The van der Waals surface area contributed by atoms with Crippen molar-refractivity contribution >= 4 is 11.9 Å². The fourth-order valence-electron chi connectivity index (χ4n) is 4.60. The number of rotatable bonds is 7. The van der Waals surface area contributed by atoms with Crippen LogP contribution in [0, 0.1) is 11.6 Å². The maximum Gasteiger partial charge on any atom is 0.134 e. The van der Waals surface area contributed by atoms with Crippen molar-refractivity contribution in [2.45, 2.75) is 18.9 Å². The second-order valence-corrected chi connectivity index (χ2v) is 8.95. The first-order chi connectivity index (χ1) is 18.1. The summed E-state index contributed by atoms with van der Waals surface area (Å²) >= 11 is 0. The number of hydrogen-bond donors (Lipinski definition) is 2. The second-order valence-electron chi connectivity index (χ2n) is 8.95. The molecule has 5 nitrogen and oxygen atoms in total. The number of halogens is 2. The van der Waals surface area contributed by atoms with Gasteiger partial charge in [-0.05, 0) is 79.5 Å². The van der Waals surface area contributed by atoms with Crippen LogP contribution in [0.4, 0.5) is 14.6 Å². The molecule has 0 saturated carbocycles. The smallest absolute Gasteiger partial charge is 0.134 e. The van der Waals surface area contributed by atoms with Crippen LogP contribution in [0.3, 0.4) is 0 Å². The zero-order chi connectivity index (χ0) is 25.8. The van der Waals surface area contributed by atoms with Crippen LogP contribution in [0.25, 0.3) is 39.6 Å². The minimum Gasteiger partial charge on any atom is -0.490 e. The molecule has 0 unspecified atom stereocenters. The highest BCUT2D eigenvalue weighted by molar-refractivity contribution is 5.85. The first kappa shape index (κ1) is 24.6. The highest BCUT2D eigenvalue weighted by Crippen LogP contribution is 2.36. The first-order valence-electron chi connectivity index (χ1n) is 12.3. The predicted octanol–water partition coefficient (Wildman–Crippen LogP) is 6.57. The van der Waals surface area contributed by atoms with E-state index in [4.69, 9.17) is 4.74 Å². The van der Waals surface area contributed by atoms with Gasteiger partial charge in [0.1, 0.15) is 29.3 Å². The average molecular weight is 499 g/mol. The van der Waals surface area contributed by atoms with Crippen molar-refractivity contribution in [3.63, 3.8) is 0 Å². The molecule has 1 aliphatic heterocycles. The lowest BCUT2D eigenvalue weighted by Gasteiger charge is -2.23. The third kappa shape index (κ3) is 5.37. The minimum absolute atomic E-state index is 0.0850. The number of pyridine rings is 2. The van der Waals surface area contributed by atoms with Crippen LogP contribution in [0.15, 0.2) is 73.6 Å². The van der Waals surface area contributed by atoms with Crippen LogP contribution < -0.4 is 15.4 Å². The highest BCUT2D eigenvalue weighted by atomic mass is 19.1. The number of hydrogen-bond acceptors (Lipinski definition) is 5. The van der Waals surface area contributed by atoms with E-state index in [0.29, 0.717) is 11.5 Å². The van der Waals surface area contributed by atoms with E-state index < -0.39 is 11.6 Å². The van der Waals surface area contributed by atoms with Gasteiger partial charge in [0.25, 0.3) is 0 Å². The SMILES string of the molecule is C=Cc1c(-c2cncc(-c3ccc(OC4CCNCC4)cc3)c2)cc(-c2cc(F)ccc2F)nc1NC. The fourth-order valence-corrected chi connectivity index (χ4v) is 4.60. The number of benzene rings is 2. The van der Waals surface area contributed by atoms with Gasteiger partial charge in [-0.15, -0.1) is 0 Å². The van der Waals surface area contributed by atoms with Crippen LogP contribution in [0.2, 0.25) is 0 Å². The number of piperidine rings is 1. The molecular weight excluding hydrogens is 470 g/mol. The maximum atomic E-state index is 14.6. The Hall–Kier alpha value is -4.10. The quantitative estimate of drug-likeness (QED) is 0.302. The zero-order valence-corrected chi connectivity index (χ0v) is 20.6. The summed E-state index contributed by atoms with van der Waals surface area (Å²) in [4.78, 5) is 9.00. The topological polar surface area (TPSA) is 59.1 Å². The Balaban J connectivity index is 1.51. The Labute approximate surface area is 215 Å². The van der Waals surface area contributed by atoms with Crippen molar-refractivity contribution in [1.29, 1.82) is 0 Å². The van der Waals surface area contributed by atoms with E-state index in [1.807, 2.05) is 30.3 Å². The van der Waals surface area contributed by atoms with Gasteiger partial charge in [-0.25, -0.2) is 13.8 Å². The summed E-state index contributed by atoms with van der Waals surface area (Å²) in [6.45, 7) is 5.90. The largest absolute Gasteiger partial charge is 0.490 e. The fraction of sp³-hybridized carbons (Fsp3) is 0.200. The Bertz CT molecular complexity index is 1420. The van der Waals surface area contributed by atoms with Crippen molar-refractivity contribution in [3.8, 4) is 39.3 Å². The molecule has 4 aromatic rings. The lowest BCUT2D eigenvalue weighted by molar-refractivity contribution is 0.162. The molecule has 0 bridgehead atoms. The Kier molecular flexibility index (Phi) is 7.23. The van der Waals surface area contributed by atoms with Gasteiger partial charge in [0.15, 0.2) is 0 Å². The lowest BCUT2D eigenvalue weighted by Crippen LogP contribution is -2.34. The van der Waals surface area contributed by atoms with Gasteiger partial charge in [0, 0.05) is 41.7 Å². The molecule has 2 aromatic carbocycles. The third-order valence-corrected chi connectivity index (χ3v) is 6.53. The molecule has 37 heavy (non-hydrogen) atoms. The lowest BCUT2D eigenvalue weighted by atomic mass is 9.96. The van der Waals surface area contributed by atoms with Gasteiger partial charge >= 0.3 is 0 Å². The van der Waals surface area contributed by atoms with Gasteiger partial charge in [-0.3, -0.25) is 4.98 Å². The van der Waals surface area contributed by atoms with Crippen molar-refractivity contribution < 1.29 is 13.5 Å². The van der Waals surface area contributed by atoms with E-state index in [1.54, 1.807) is 31.6 Å². The summed E-state index contributed by atoms with van der Waals surface area (Å²) in [6.07, 6.45) is 7.47. The minimum atomic E-state index is -0.549.